The quantitative estimate of drug-likeness (QED) is 0.769. The molecule has 15 heavy (non-hydrogen) atoms. The summed E-state index contributed by atoms with van der Waals surface area (Å²) in [5.41, 5.74) is 0. The lowest BCUT2D eigenvalue weighted by Gasteiger charge is -2.16. The van der Waals surface area contributed by atoms with Crippen LogP contribution in [0.1, 0.15) is 19.3 Å². The van der Waals surface area contributed by atoms with Gasteiger partial charge in [-0.15, -0.1) is 0 Å². The minimum absolute atomic E-state index is 0.0774. The van der Waals surface area contributed by atoms with E-state index in [1.165, 1.54) is 7.05 Å². The van der Waals surface area contributed by atoms with Crippen LogP contribution in [0.3, 0.4) is 0 Å². The summed E-state index contributed by atoms with van der Waals surface area (Å²) in [6.45, 7) is -0.0774. The Kier molecular flexibility index (Phi) is 5.10. The Bertz CT molecular complexity index is 240. The summed E-state index contributed by atoms with van der Waals surface area (Å²) in [5.74, 6) is -1.79. The van der Waals surface area contributed by atoms with Crippen LogP contribution in [0.25, 0.3) is 0 Å². The summed E-state index contributed by atoms with van der Waals surface area (Å²) in [5, 5.41) is 8.29. The van der Waals surface area contributed by atoms with Gasteiger partial charge in [-0.05, 0) is 0 Å². The molecule has 4 nitrogen and oxygen atoms in total. The van der Waals surface area contributed by atoms with Crippen LogP contribution in [0.5, 0.6) is 0 Å². The van der Waals surface area contributed by atoms with Crippen molar-refractivity contribution in [3.05, 3.63) is 0 Å². The van der Waals surface area contributed by atoms with E-state index in [-0.39, 0.29) is 13.0 Å². The highest BCUT2D eigenvalue weighted by molar-refractivity contribution is 5.76. The second-order valence-electron chi connectivity index (χ2n) is 3.07. The molecule has 0 radical (unpaired) electrons. The molecule has 1 amide bonds. The molecule has 0 rings (SSSR count). The van der Waals surface area contributed by atoms with Crippen LogP contribution in [-0.4, -0.2) is 41.7 Å². The van der Waals surface area contributed by atoms with Crippen molar-refractivity contribution in [1.82, 2.24) is 4.90 Å². The third-order valence-electron chi connectivity index (χ3n) is 1.71. The van der Waals surface area contributed by atoms with E-state index in [9.17, 15) is 22.8 Å². The van der Waals surface area contributed by atoms with Crippen molar-refractivity contribution < 1.29 is 27.9 Å². The van der Waals surface area contributed by atoms with Crippen LogP contribution in [0, 0.1) is 0 Å². The van der Waals surface area contributed by atoms with E-state index in [1.807, 2.05) is 0 Å². The maximum absolute atomic E-state index is 11.7. The topological polar surface area (TPSA) is 57.6 Å². The molecular weight excluding hydrogens is 215 g/mol. The molecule has 88 valence electrons. The Balaban J connectivity index is 3.84. The zero-order valence-electron chi connectivity index (χ0n) is 8.17. The fraction of sp³-hybridized carbons (Fsp3) is 0.750. The van der Waals surface area contributed by atoms with Gasteiger partial charge in [0.1, 0.15) is 0 Å². The van der Waals surface area contributed by atoms with Crippen LogP contribution in [0.4, 0.5) is 13.2 Å². The predicted octanol–water partition coefficient (Wildman–Crippen LogP) is 1.26. The number of nitrogens with zero attached hydrogens (tertiary/aromatic N) is 1. The van der Waals surface area contributed by atoms with Gasteiger partial charge in [-0.3, -0.25) is 9.59 Å². The third-order valence-corrected chi connectivity index (χ3v) is 1.71. The van der Waals surface area contributed by atoms with Crippen molar-refractivity contribution in [2.75, 3.05) is 13.6 Å². The summed E-state index contributed by atoms with van der Waals surface area (Å²) < 4.78 is 35.2. The molecule has 0 spiro atoms. The molecule has 0 atom stereocenters. The van der Waals surface area contributed by atoms with Crippen LogP contribution < -0.4 is 0 Å². The normalized spacial score (nSPS) is 11.2. The van der Waals surface area contributed by atoms with Crippen molar-refractivity contribution >= 4 is 11.9 Å². The average Bonchev–Trinajstić information content (AvgIpc) is 2.08. The maximum atomic E-state index is 11.7. The van der Waals surface area contributed by atoms with Crippen LogP contribution in [0.15, 0.2) is 0 Å². The predicted molar refractivity (Wildman–Crippen MR) is 45.2 cm³/mol. The molecule has 1 N–H and O–H groups in total. The van der Waals surface area contributed by atoms with E-state index in [4.69, 9.17) is 5.11 Å². The average molecular weight is 227 g/mol. The first-order chi connectivity index (χ1) is 6.72. The van der Waals surface area contributed by atoms with Gasteiger partial charge in [-0.2, -0.15) is 13.2 Å². The largest absolute Gasteiger partial charge is 0.481 e. The van der Waals surface area contributed by atoms with Gasteiger partial charge in [0.25, 0.3) is 0 Å². The molecule has 0 unspecified atom stereocenters. The van der Waals surface area contributed by atoms with Crippen LogP contribution in [-0.2, 0) is 9.59 Å². The molecule has 0 bridgehead atoms. The van der Waals surface area contributed by atoms with E-state index in [0.717, 1.165) is 4.90 Å². The number of amides is 1. The molecule has 7 heteroatoms. The van der Waals surface area contributed by atoms with E-state index in [1.54, 1.807) is 0 Å². The SMILES string of the molecule is CN(CCC(=O)O)C(=O)CCC(F)(F)F. The van der Waals surface area contributed by atoms with E-state index < -0.39 is 30.9 Å². The first kappa shape index (κ1) is 13.7. The Morgan fingerprint density at radius 1 is 1.27 bits per heavy atom. The lowest BCUT2D eigenvalue weighted by atomic mass is 10.2. The van der Waals surface area contributed by atoms with Crippen LogP contribution in [0.2, 0.25) is 0 Å². The molecule has 0 saturated heterocycles. The number of carboxylic acid groups (broad SMARTS) is 1. The second-order valence-corrected chi connectivity index (χ2v) is 3.07. The van der Waals surface area contributed by atoms with Gasteiger partial charge in [-0.25, -0.2) is 0 Å². The standard InChI is InChI=1S/C8H12F3NO3/c1-12(5-3-7(14)15)6(13)2-4-8(9,10)11/h2-5H2,1H3,(H,14,15). The van der Waals surface area contributed by atoms with Gasteiger partial charge in [0.2, 0.25) is 5.91 Å². The number of carbonyl (C=O) groups excluding carboxylic acids is 1. The molecule has 0 aromatic carbocycles. The molecule has 0 aliphatic carbocycles. The summed E-state index contributed by atoms with van der Waals surface area (Å²) in [7, 11) is 1.28. The van der Waals surface area contributed by atoms with E-state index >= 15 is 0 Å². The summed E-state index contributed by atoms with van der Waals surface area (Å²) >= 11 is 0. The number of hydrogen-bond donors (Lipinski definition) is 1. The second kappa shape index (κ2) is 5.57. The number of alkyl halides is 3. The highest BCUT2D eigenvalue weighted by Gasteiger charge is 2.28. The van der Waals surface area contributed by atoms with Crippen LogP contribution >= 0.6 is 0 Å². The minimum atomic E-state index is -4.36. The fourth-order valence-electron chi connectivity index (χ4n) is 0.828. The summed E-state index contributed by atoms with van der Waals surface area (Å²) in [6.07, 6.45) is -6.44. The fourth-order valence-corrected chi connectivity index (χ4v) is 0.828. The van der Waals surface area contributed by atoms with E-state index in [0.29, 0.717) is 0 Å². The highest BCUT2D eigenvalue weighted by atomic mass is 19.4. The van der Waals surface area contributed by atoms with Gasteiger partial charge in [-0.1, -0.05) is 0 Å². The van der Waals surface area contributed by atoms with Crippen molar-refractivity contribution in [2.45, 2.75) is 25.4 Å². The third kappa shape index (κ3) is 7.77. The number of carbonyl (C=O) groups is 2. The number of aliphatic carboxylic acids is 1. The summed E-state index contributed by atoms with van der Waals surface area (Å²) in [4.78, 5) is 22.1. The molecule has 0 aliphatic heterocycles. The summed E-state index contributed by atoms with van der Waals surface area (Å²) in [6, 6.07) is 0. The molecule has 0 aromatic rings. The Morgan fingerprint density at radius 2 is 1.80 bits per heavy atom. The number of hydrogen-bond acceptors (Lipinski definition) is 2. The van der Waals surface area contributed by atoms with Gasteiger partial charge < -0.3 is 10.0 Å². The number of rotatable bonds is 5. The van der Waals surface area contributed by atoms with Crippen molar-refractivity contribution in [3.63, 3.8) is 0 Å². The molecule has 0 saturated carbocycles. The smallest absolute Gasteiger partial charge is 0.389 e. The Hall–Kier alpha value is -1.27. The molecular formula is C8H12F3NO3. The number of halogens is 3. The molecule has 0 aliphatic rings. The Morgan fingerprint density at radius 3 is 2.20 bits per heavy atom. The van der Waals surface area contributed by atoms with Crippen molar-refractivity contribution in [1.29, 1.82) is 0 Å². The van der Waals surface area contributed by atoms with Crippen molar-refractivity contribution in [3.8, 4) is 0 Å². The molecule has 0 heterocycles. The lowest BCUT2D eigenvalue weighted by molar-refractivity contribution is -0.149. The first-order valence-electron chi connectivity index (χ1n) is 4.25. The van der Waals surface area contributed by atoms with Gasteiger partial charge in [0.15, 0.2) is 0 Å². The van der Waals surface area contributed by atoms with Crippen molar-refractivity contribution in [2.24, 2.45) is 0 Å². The monoisotopic (exact) mass is 227 g/mol. The lowest BCUT2D eigenvalue weighted by Crippen LogP contribution is -2.29. The molecule has 0 aromatic heterocycles. The maximum Gasteiger partial charge on any atom is 0.389 e. The van der Waals surface area contributed by atoms with Gasteiger partial charge in [0, 0.05) is 20.0 Å². The first-order valence-corrected chi connectivity index (χ1v) is 4.25. The number of carboxylic acids is 1. The molecule has 0 fully saturated rings. The Labute approximate surface area is 84.7 Å². The zero-order valence-corrected chi connectivity index (χ0v) is 8.17. The zero-order chi connectivity index (χ0) is 12.1. The highest BCUT2D eigenvalue weighted by Crippen LogP contribution is 2.21. The minimum Gasteiger partial charge on any atom is -0.481 e. The van der Waals surface area contributed by atoms with Gasteiger partial charge >= 0.3 is 12.1 Å². The van der Waals surface area contributed by atoms with Gasteiger partial charge in [0.05, 0.1) is 12.8 Å². The van der Waals surface area contributed by atoms with E-state index in [2.05, 4.69) is 0 Å².